The molecular formula is C15H22N2O3. The van der Waals surface area contributed by atoms with E-state index in [1.165, 1.54) is 0 Å². The van der Waals surface area contributed by atoms with Crippen LogP contribution in [-0.4, -0.2) is 49.8 Å². The molecule has 2 N–H and O–H groups in total. The SMILES string of the molecule is COc1cc(C(=O)N2CC(C)OC(CN)C2)ccc1C. The number of ether oxygens (including phenoxy) is 2. The number of morpholine rings is 1. The van der Waals surface area contributed by atoms with Crippen LogP contribution in [0.5, 0.6) is 5.75 Å². The van der Waals surface area contributed by atoms with Crippen molar-refractivity contribution in [3.8, 4) is 5.75 Å². The Bertz CT molecular complexity index is 490. The van der Waals surface area contributed by atoms with Crippen LogP contribution < -0.4 is 10.5 Å². The Morgan fingerprint density at radius 1 is 1.50 bits per heavy atom. The highest BCUT2D eigenvalue weighted by molar-refractivity contribution is 5.94. The molecule has 0 radical (unpaired) electrons. The van der Waals surface area contributed by atoms with E-state index in [2.05, 4.69) is 0 Å². The van der Waals surface area contributed by atoms with Crippen LogP contribution in [0.1, 0.15) is 22.8 Å². The third-order valence-corrected chi connectivity index (χ3v) is 3.53. The lowest BCUT2D eigenvalue weighted by Crippen LogP contribution is -2.51. The van der Waals surface area contributed by atoms with Crippen molar-refractivity contribution in [1.29, 1.82) is 0 Å². The molecule has 1 aromatic rings. The van der Waals surface area contributed by atoms with Crippen LogP contribution in [0.4, 0.5) is 0 Å². The number of hydrogen-bond donors (Lipinski definition) is 1. The zero-order chi connectivity index (χ0) is 14.7. The molecule has 0 aromatic heterocycles. The van der Waals surface area contributed by atoms with Crippen LogP contribution in [0.3, 0.4) is 0 Å². The topological polar surface area (TPSA) is 64.8 Å². The van der Waals surface area contributed by atoms with Gasteiger partial charge >= 0.3 is 0 Å². The number of amides is 1. The van der Waals surface area contributed by atoms with Gasteiger partial charge in [0, 0.05) is 25.2 Å². The molecule has 1 amide bonds. The molecule has 0 bridgehead atoms. The molecule has 1 aliphatic rings. The Labute approximate surface area is 119 Å². The van der Waals surface area contributed by atoms with Crippen LogP contribution in [0.2, 0.25) is 0 Å². The summed E-state index contributed by atoms with van der Waals surface area (Å²) in [7, 11) is 1.61. The number of carbonyl (C=O) groups excluding carboxylic acids is 1. The minimum absolute atomic E-state index is 0.00287. The molecule has 5 nitrogen and oxygen atoms in total. The molecule has 1 aromatic carbocycles. The smallest absolute Gasteiger partial charge is 0.254 e. The standard InChI is InChI=1S/C15H22N2O3/c1-10-4-5-12(6-14(10)19-3)15(18)17-8-11(2)20-13(7-16)9-17/h4-6,11,13H,7-9,16H2,1-3H3. The minimum atomic E-state index is -0.0879. The first-order chi connectivity index (χ1) is 9.55. The predicted octanol–water partition coefficient (Wildman–Crippen LogP) is 1.19. The minimum Gasteiger partial charge on any atom is -0.496 e. The van der Waals surface area contributed by atoms with E-state index >= 15 is 0 Å². The van der Waals surface area contributed by atoms with Crippen molar-refractivity contribution < 1.29 is 14.3 Å². The molecule has 1 fully saturated rings. The second-order valence-corrected chi connectivity index (χ2v) is 5.20. The Kier molecular flexibility index (Phi) is 4.62. The quantitative estimate of drug-likeness (QED) is 0.902. The Balaban J connectivity index is 2.18. The van der Waals surface area contributed by atoms with E-state index in [9.17, 15) is 4.79 Å². The fourth-order valence-electron chi connectivity index (χ4n) is 2.48. The molecule has 20 heavy (non-hydrogen) atoms. The normalized spacial score (nSPS) is 22.7. The first kappa shape index (κ1) is 14.8. The van der Waals surface area contributed by atoms with Crippen LogP contribution in [0.15, 0.2) is 18.2 Å². The molecule has 0 saturated carbocycles. The molecule has 0 aliphatic carbocycles. The molecule has 2 rings (SSSR count). The van der Waals surface area contributed by atoms with E-state index in [0.717, 1.165) is 11.3 Å². The number of nitrogens with zero attached hydrogens (tertiary/aromatic N) is 1. The fourth-order valence-corrected chi connectivity index (χ4v) is 2.48. The van der Waals surface area contributed by atoms with Gasteiger partial charge in [-0.15, -0.1) is 0 Å². The monoisotopic (exact) mass is 278 g/mol. The maximum Gasteiger partial charge on any atom is 0.254 e. The maximum absolute atomic E-state index is 12.6. The van der Waals surface area contributed by atoms with E-state index in [1.54, 1.807) is 18.1 Å². The second kappa shape index (κ2) is 6.24. The van der Waals surface area contributed by atoms with Crippen molar-refractivity contribution in [2.45, 2.75) is 26.1 Å². The van der Waals surface area contributed by atoms with E-state index in [0.29, 0.717) is 25.2 Å². The van der Waals surface area contributed by atoms with Gasteiger partial charge < -0.3 is 20.1 Å². The molecule has 5 heteroatoms. The van der Waals surface area contributed by atoms with E-state index in [4.69, 9.17) is 15.2 Å². The Morgan fingerprint density at radius 2 is 2.25 bits per heavy atom. The summed E-state index contributed by atoms with van der Waals surface area (Å²) in [4.78, 5) is 14.4. The van der Waals surface area contributed by atoms with Crippen LogP contribution in [0, 0.1) is 6.92 Å². The lowest BCUT2D eigenvalue weighted by atomic mass is 10.1. The summed E-state index contributed by atoms with van der Waals surface area (Å²) < 4.78 is 10.9. The second-order valence-electron chi connectivity index (χ2n) is 5.20. The summed E-state index contributed by atoms with van der Waals surface area (Å²) >= 11 is 0. The number of methoxy groups -OCH3 is 1. The van der Waals surface area contributed by atoms with E-state index in [1.807, 2.05) is 26.0 Å². The van der Waals surface area contributed by atoms with E-state index in [-0.39, 0.29) is 18.1 Å². The van der Waals surface area contributed by atoms with Gasteiger partial charge in [0.2, 0.25) is 0 Å². The maximum atomic E-state index is 12.6. The van der Waals surface area contributed by atoms with Gasteiger partial charge in [0.15, 0.2) is 0 Å². The third kappa shape index (κ3) is 3.11. The number of rotatable bonds is 3. The van der Waals surface area contributed by atoms with Gasteiger partial charge in [-0.05, 0) is 31.5 Å². The number of aryl methyl sites for hydroxylation is 1. The summed E-state index contributed by atoms with van der Waals surface area (Å²) in [6, 6.07) is 5.52. The highest BCUT2D eigenvalue weighted by Gasteiger charge is 2.28. The lowest BCUT2D eigenvalue weighted by molar-refractivity contribution is -0.0625. The van der Waals surface area contributed by atoms with Gasteiger partial charge in [0.05, 0.1) is 19.3 Å². The van der Waals surface area contributed by atoms with Crippen LogP contribution >= 0.6 is 0 Å². The first-order valence-corrected chi connectivity index (χ1v) is 6.84. The number of nitrogens with two attached hydrogens (primary N) is 1. The van der Waals surface area contributed by atoms with Crippen molar-refractivity contribution in [3.05, 3.63) is 29.3 Å². The molecule has 1 aliphatic heterocycles. The first-order valence-electron chi connectivity index (χ1n) is 6.84. The highest BCUT2D eigenvalue weighted by Crippen LogP contribution is 2.21. The van der Waals surface area contributed by atoms with Crippen molar-refractivity contribution in [2.24, 2.45) is 5.73 Å². The highest BCUT2D eigenvalue weighted by atomic mass is 16.5. The number of carbonyl (C=O) groups is 1. The molecular weight excluding hydrogens is 256 g/mol. The largest absolute Gasteiger partial charge is 0.496 e. The van der Waals surface area contributed by atoms with Gasteiger partial charge in [-0.1, -0.05) is 6.07 Å². The molecule has 2 unspecified atom stereocenters. The molecule has 0 spiro atoms. The summed E-state index contributed by atoms with van der Waals surface area (Å²) in [5.41, 5.74) is 7.30. The predicted molar refractivity (Wildman–Crippen MR) is 77.0 cm³/mol. The average Bonchev–Trinajstić information content (AvgIpc) is 2.46. The molecule has 110 valence electrons. The average molecular weight is 278 g/mol. The van der Waals surface area contributed by atoms with E-state index < -0.39 is 0 Å². The van der Waals surface area contributed by atoms with Crippen molar-refractivity contribution >= 4 is 5.91 Å². The van der Waals surface area contributed by atoms with Crippen LogP contribution in [0.25, 0.3) is 0 Å². The molecule has 1 saturated heterocycles. The zero-order valence-electron chi connectivity index (χ0n) is 12.3. The van der Waals surface area contributed by atoms with Crippen molar-refractivity contribution in [3.63, 3.8) is 0 Å². The number of hydrogen-bond acceptors (Lipinski definition) is 4. The van der Waals surface area contributed by atoms with Gasteiger partial charge in [0.1, 0.15) is 5.75 Å². The Hall–Kier alpha value is -1.59. The summed E-state index contributed by atoms with van der Waals surface area (Å²) in [5, 5.41) is 0. The molecule has 2 atom stereocenters. The van der Waals surface area contributed by atoms with Gasteiger partial charge in [0.25, 0.3) is 5.91 Å². The van der Waals surface area contributed by atoms with Gasteiger partial charge in [-0.3, -0.25) is 4.79 Å². The zero-order valence-corrected chi connectivity index (χ0v) is 12.3. The summed E-state index contributed by atoms with van der Waals surface area (Å²) in [6.45, 7) is 5.46. The summed E-state index contributed by atoms with van der Waals surface area (Å²) in [5.74, 6) is 0.726. The van der Waals surface area contributed by atoms with Crippen molar-refractivity contribution in [2.75, 3.05) is 26.7 Å². The lowest BCUT2D eigenvalue weighted by Gasteiger charge is -2.36. The molecule has 1 heterocycles. The summed E-state index contributed by atoms with van der Waals surface area (Å²) in [6.07, 6.45) is -0.0800. The van der Waals surface area contributed by atoms with Crippen LogP contribution in [-0.2, 0) is 4.74 Å². The number of benzene rings is 1. The Morgan fingerprint density at radius 3 is 2.90 bits per heavy atom. The van der Waals surface area contributed by atoms with Gasteiger partial charge in [-0.25, -0.2) is 0 Å². The fraction of sp³-hybridized carbons (Fsp3) is 0.533. The van der Waals surface area contributed by atoms with Crippen molar-refractivity contribution in [1.82, 2.24) is 4.90 Å². The van der Waals surface area contributed by atoms with Gasteiger partial charge in [-0.2, -0.15) is 0 Å². The third-order valence-electron chi connectivity index (χ3n) is 3.53.